The number of benzene rings is 2. The molecule has 2 aromatic carbocycles. The molecule has 0 atom stereocenters. The number of carbonyl (C=O) groups excluding carboxylic acids is 2. The van der Waals surface area contributed by atoms with Crippen molar-refractivity contribution in [2.45, 2.75) is 4.90 Å². The van der Waals surface area contributed by atoms with Gasteiger partial charge in [-0.25, -0.2) is 22.4 Å². The molecule has 1 aromatic heterocycles. The number of hydrazone groups is 1. The molecule has 0 amide bonds. The molecule has 39 heavy (non-hydrogen) atoms. The van der Waals surface area contributed by atoms with Crippen LogP contribution < -0.4 is 4.90 Å². The lowest BCUT2D eigenvalue weighted by Crippen LogP contribution is -2.50. The maximum Gasteiger partial charge on any atom is 0.244 e. The largest absolute Gasteiger partial charge is 0.367 e. The van der Waals surface area contributed by atoms with Crippen molar-refractivity contribution in [3.63, 3.8) is 0 Å². The molecule has 2 aliphatic rings. The van der Waals surface area contributed by atoms with Gasteiger partial charge in [0.05, 0.1) is 12.4 Å². The first-order valence-corrected chi connectivity index (χ1v) is 13.3. The summed E-state index contributed by atoms with van der Waals surface area (Å²) in [7, 11) is -0.887. The number of sulfonamides is 1. The molecule has 1 fully saturated rings. The van der Waals surface area contributed by atoms with E-state index in [0.717, 1.165) is 4.31 Å². The number of rotatable bonds is 8. The summed E-state index contributed by atoms with van der Waals surface area (Å²) in [6, 6.07) is 9.40. The summed E-state index contributed by atoms with van der Waals surface area (Å²) >= 11 is 0. The first-order chi connectivity index (χ1) is 18.7. The van der Waals surface area contributed by atoms with Crippen LogP contribution >= 0.6 is 0 Å². The second kappa shape index (κ2) is 10.1. The van der Waals surface area contributed by atoms with Gasteiger partial charge >= 0.3 is 0 Å². The van der Waals surface area contributed by atoms with Crippen LogP contribution in [0.4, 0.5) is 5.69 Å². The molecule has 0 radical (unpaired) electrons. The van der Waals surface area contributed by atoms with E-state index in [-0.39, 0.29) is 33.9 Å². The summed E-state index contributed by atoms with van der Waals surface area (Å²) in [4.78, 5) is 41.7. The second-order valence-electron chi connectivity index (χ2n) is 9.11. The van der Waals surface area contributed by atoms with Crippen molar-refractivity contribution < 1.29 is 22.6 Å². The van der Waals surface area contributed by atoms with Crippen LogP contribution in [0.5, 0.6) is 0 Å². The predicted octanol–water partition coefficient (Wildman–Crippen LogP) is 1.53. The standard InChI is InChI=1S/C24H24N8O6S/c1-25-32(22-21(26-35)23(33)15-6-4-5-7-16(15)24(22)34)14-30-10-12-31(13-11-30)17-8-9-18(39(36,37)29(2)3)20-19(17)27-38-28-20/h4-9H,1,10-14H2,2-3H3. The van der Waals surface area contributed by atoms with E-state index in [9.17, 15) is 22.9 Å². The van der Waals surface area contributed by atoms with Gasteiger partial charge in [-0.1, -0.05) is 24.3 Å². The molecule has 1 aliphatic carbocycles. The Bertz CT molecular complexity index is 1640. The van der Waals surface area contributed by atoms with Crippen molar-refractivity contribution in [1.82, 2.24) is 24.5 Å². The third-order valence-electron chi connectivity index (χ3n) is 6.75. The summed E-state index contributed by atoms with van der Waals surface area (Å²) in [5.74, 6) is -1.17. The van der Waals surface area contributed by atoms with E-state index in [1.54, 1.807) is 18.2 Å². The van der Waals surface area contributed by atoms with Gasteiger partial charge in [0.1, 0.15) is 10.6 Å². The molecule has 15 heteroatoms. The van der Waals surface area contributed by atoms with Crippen LogP contribution in [0.15, 0.2) is 67.6 Å². The highest BCUT2D eigenvalue weighted by Gasteiger charge is 2.37. The Morgan fingerprint density at radius 1 is 0.974 bits per heavy atom. The number of hydrogen-bond acceptors (Lipinski definition) is 13. The average molecular weight is 553 g/mol. The second-order valence-corrected chi connectivity index (χ2v) is 11.2. The fraction of sp³-hybridized carbons (Fsp3) is 0.292. The molecule has 202 valence electrons. The number of fused-ring (bicyclic) bond motifs is 2. The molecule has 0 unspecified atom stereocenters. The third-order valence-corrected chi connectivity index (χ3v) is 8.60. The highest BCUT2D eigenvalue weighted by molar-refractivity contribution is 7.89. The molecule has 0 bridgehead atoms. The number of ketones is 2. The number of nitrogens with zero attached hydrogens (tertiary/aromatic N) is 8. The Balaban J connectivity index is 1.35. The number of carbonyl (C=O) groups is 2. The van der Waals surface area contributed by atoms with Gasteiger partial charge < -0.3 is 4.90 Å². The summed E-state index contributed by atoms with van der Waals surface area (Å²) in [6.45, 7) is 5.67. The third kappa shape index (κ3) is 4.39. The zero-order valence-electron chi connectivity index (χ0n) is 21.1. The van der Waals surface area contributed by atoms with Crippen LogP contribution in [0, 0.1) is 4.91 Å². The van der Waals surface area contributed by atoms with E-state index in [1.165, 1.54) is 37.3 Å². The molecular weight excluding hydrogens is 528 g/mol. The van der Waals surface area contributed by atoms with E-state index >= 15 is 0 Å². The van der Waals surface area contributed by atoms with Gasteiger partial charge in [0, 0.05) is 58.1 Å². The van der Waals surface area contributed by atoms with Crippen molar-refractivity contribution in [3.05, 3.63) is 63.8 Å². The normalized spacial score (nSPS) is 16.6. The van der Waals surface area contributed by atoms with Crippen molar-refractivity contribution in [2.75, 3.05) is 51.8 Å². The van der Waals surface area contributed by atoms with Gasteiger partial charge in [-0.05, 0) is 27.6 Å². The minimum Gasteiger partial charge on any atom is -0.367 e. The fourth-order valence-corrected chi connectivity index (χ4v) is 5.68. The van der Waals surface area contributed by atoms with Crippen LogP contribution in [-0.4, -0.2) is 98.2 Å². The van der Waals surface area contributed by atoms with Crippen molar-refractivity contribution in [3.8, 4) is 0 Å². The highest BCUT2D eigenvalue weighted by Crippen LogP contribution is 2.32. The number of hydrogen-bond donors (Lipinski definition) is 0. The Morgan fingerprint density at radius 3 is 2.23 bits per heavy atom. The summed E-state index contributed by atoms with van der Waals surface area (Å²) in [6.07, 6.45) is 0. The van der Waals surface area contributed by atoms with Gasteiger partial charge in [-0.2, -0.15) is 5.10 Å². The number of aromatic nitrogens is 2. The van der Waals surface area contributed by atoms with Crippen LogP contribution in [0.25, 0.3) is 11.0 Å². The number of allylic oxidation sites excluding steroid dienone is 2. The Hall–Kier alpha value is -4.34. The molecular formula is C24H24N8O6S. The molecule has 14 nitrogen and oxygen atoms in total. The minimum absolute atomic E-state index is 0.0000266. The lowest BCUT2D eigenvalue weighted by molar-refractivity contribution is 0.0900. The molecule has 0 N–H and O–H groups in total. The minimum atomic E-state index is -3.75. The smallest absolute Gasteiger partial charge is 0.244 e. The van der Waals surface area contributed by atoms with Gasteiger partial charge in [0.15, 0.2) is 16.7 Å². The summed E-state index contributed by atoms with van der Waals surface area (Å²) < 4.78 is 31.4. The van der Waals surface area contributed by atoms with Crippen LogP contribution in [0.1, 0.15) is 20.7 Å². The van der Waals surface area contributed by atoms with Crippen molar-refractivity contribution in [2.24, 2.45) is 10.3 Å². The van der Waals surface area contributed by atoms with Crippen molar-refractivity contribution in [1.29, 1.82) is 0 Å². The molecule has 0 spiro atoms. The first-order valence-electron chi connectivity index (χ1n) is 11.8. The quantitative estimate of drug-likeness (QED) is 0.226. The predicted molar refractivity (Wildman–Crippen MR) is 141 cm³/mol. The molecule has 1 aliphatic heterocycles. The van der Waals surface area contributed by atoms with Gasteiger partial charge in [-0.3, -0.25) is 14.5 Å². The maximum atomic E-state index is 13.2. The summed E-state index contributed by atoms with van der Waals surface area (Å²) in [5, 5.41) is 15.8. The monoisotopic (exact) mass is 552 g/mol. The van der Waals surface area contributed by atoms with Crippen LogP contribution in [0.3, 0.4) is 0 Å². The van der Waals surface area contributed by atoms with E-state index in [4.69, 9.17) is 4.63 Å². The lowest BCUT2D eigenvalue weighted by Gasteiger charge is -2.38. The lowest BCUT2D eigenvalue weighted by atomic mass is 9.90. The number of Topliss-reactive ketones (excluding diaryl/α,β-unsaturated/α-hetero) is 2. The number of piperazine rings is 1. The Kier molecular flexibility index (Phi) is 6.80. The van der Waals surface area contributed by atoms with E-state index in [0.29, 0.717) is 37.4 Å². The SMILES string of the molecule is C=NN(CN1CCN(c2ccc(S(=O)(=O)N(C)C)c3nonc23)CC1)C1=C(N=O)C(=O)c2ccccc2C1=O. The fourth-order valence-electron chi connectivity index (χ4n) is 4.67. The maximum absolute atomic E-state index is 13.2. The average Bonchev–Trinajstić information content (AvgIpc) is 3.43. The highest BCUT2D eigenvalue weighted by atomic mass is 32.2. The summed E-state index contributed by atoms with van der Waals surface area (Å²) in [5.41, 5.74) is 0.731. The van der Waals surface area contributed by atoms with Gasteiger partial charge in [0.25, 0.3) is 0 Å². The molecule has 3 aromatic rings. The zero-order chi connectivity index (χ0) is 27.9. The van der Waals surface area contributed by atoms with Gasteiger partial charge in [0.2, 0.25) is 21.6 Å². The van der Waals surface area contributed by atoms with E-state index in [2.05, 4.69) is 27.3 Å². The number of nitroso groups, excluding NO2 is 1. The van der Waals surface area contributed by atoms with Crippen LogP contribution in [-0.2, 0) is 10.0 Å². The number of anilines is 1. The van der Waals surface area contributed by atoms with Gasteiger partial charge in [-0.15, -0.1) is 4.91 Å². The molecule has 0 saturated carbocycles. The molecule has 5 rings (SSSR count). The molecule has 2 heterocycles. The Labute approximate surface area is 223 Å². The van der Waals surface area contributed by atoms with Crippen LogP contribution in [0.2, 0.25) is 0 Å². The topological polar surface area (TPSA) is 162 Å². The Morgan fingerprint density at radius 2 is 1.62 bits per heavy atom. The molecule has 1 saturated heterocycles. The van der Waals surface area contributed by atoms with Crippen molar-refractivity contribution >= 4 is 45.0 Å². The zero-order valence-corrected chi connectivity index (χ0v) is 22.0. The van der Waals surface area contributed by atoms with E-state index in [1.807, 2.05) is 9.80 Å². The first kappa shape index (κ1) is 26.3. The van der Waals surface area contributed by atoms with E-state index < -0.39 is 27.3 Å².